The number of para-hydroxylation sites is 1. The molecule has 0 spiro atoms. The standard InChI is InChI=1S/C22H17N3O3S/c1-27-17-8-2-6-16(13-17)22(26)25-24-14-18-10-11-20(28-18)29-19-9-3-5-15-7-4-12-23-21(15)19/h2-14H,1H3,(H,25,26). The van der Waals surface area contributed by atoms with E-state index in [0.717, 1.165) is 15.8 Å². The van der Waals surface area contributed by atoms with Gasteiger partial charge in [-0.15, -0.1) is 0 Å². The van der Waals surface area contributed by atoms with Crippen LogP contribution in [0.4, 0.5) is 0 Å². The topological polar surface area (TPSA) is 76.7 Å². The van der Waals surface area contributed by atoms with E-state index in [-0.39, 0.29) is 5.91 Å². The minimum Gasteiger partial charge on any atom is -0.497 e. The summed E-state index contributed by atoms with van der Waals surface area (Å²) in [6, 6.07) is 20.5. The molecule has 2 heterocycles. The highest BCUT2D eigenvalue weighted by Crippen LogP contribution is 2.33. The van der Waals surface area contributed by atoms with E-state index in [1.807, 2.05) is 36.4 Å². The van der Waals surface area contributed by atoms with Crippen molar-refractivity contribution in [3.63, 3.8) is 0 Å². The summed E-state index contributed by atoms with van der Waals surface area (Å²) in [6.45, 7) is 0. The number of carbonyl (C=O) groups excluding carboxylic acids is 1. The number of hydrogen-bond donors (Lipinski definition) is 1. The minimum atomic E-state index is -0.330. The first-order valence-electron chi connectivity index (χ1n) is 8.82. The Labute approximate surface area is 171 Å². The predicted molar refractivity (Wildman–Crippen MR) is 113 cm³/mol. The van der Waals surface area contributed by atoms with Gasteiger partial charge in [-0.3, -0.25) is 9.78 Å². The van der Waals surface area contributed by atoms with Crippen molar-refractivity contribution >= 4 is 34.8 Å². The fourth-order valence-electron chi connectivity index (χ4n) is 2.71. The molecular formula is C22H17N3O3S. The number of methoxy groups -OCH3 is 1. The summed E-state index contributed by atoms with van der Waals surface area (Å²) in [4.78, 5) is 17.6. The average Bonchev–Trinajstić information content (AvgIpc) is 3.21. The van der Waals surface area contributed by atoms with E-state index in [0.29, 0.717) is 22.2 Å². The Hall–Kier alpha value is -3.58. The zero-order chi connectivity index (χ0) is 20.1. The van der Waals surface area contributed by atoms with Crippen molar-refractivity contribution in [2.24, 2.45) is 5.10 Å². The average molecular weight is 403 g/mol. The Morgan fingerprint density at radius 1 is 1.14 bits per heavy atom. The van der Waals surface area contributed by atoms with Gasteiger partial charge in [0.25, 0.3) is 5.91 Å². The van der Waals surface area contributed by atoms with Crippen molar-refractivity contribution in [2.45, 2.75) is 9.99 Å². The maximum absolute atomic E-state index is 12.2. The van der Waals surface area contributed by atoms with E-state index in [4.69, 9.17) is 9.15 Å². The molecule has 4 rings (SSSR count). The van der Waals surface area contributed by atoms with Crippen molar-refractivity contribution in [3.8, 4) is 5.75 Å². The van der Waals surface area contributed by atoms with Gasteiger partial charge in [0.2, 0.25) is 0 Å². The molecule has 4 aromatic rings. The van der Waals surface area contributed by atoms with Crippen LogP contribution in [0.3, 0.4) is 0 Å². The van der Waals surface area contributed by atoms with Crippen molar-refractivity contribution in [3.05, 3.63) is 84.3 Å². The number of amides is 1. The molecule has 1 N–H and O–H groups in total. The zero-order valence-corrected chi connectivity index (χ0v) is 16.3. The van der Waals surface area contributed by atoms with Gasteiger partial charge in [0.1, 0.15) is 11.5 Å². The van der Waals surface area contributed by atoms with E-state index >= 15 is 0 Å². The summed E-state index contributed by atoms with van der Waals surface area (Å²) in [5.41, 5.74) is 3.87. The molecule has 0 aliphatic heterocycles. The molecular weight excluding hydrogens is 386 g/mol. The number of hydrogen-bond acceptors (Lipinski definition) is 6. The molecule has 0 saturated heterocycles. The van der Waals surface area contributed by atoms with Crippen molar-refractivity contribution in [1.82, 2.24) is 10.4 Å². The van der Waals surface area contributed by atoms with Gasteiger partial charge in [-0.05, 0) is 54.2 Å². The molecule has 6 nitrogen and oxygen atoms in total. The van der Waals surface area contributed by atoms with Crippen LogP contribution in [0.5, 0.6) is 5.75 Å². The number of rotatable bonds is 6. The SMILES string of the molecule is COc1cccc(C(=O)NN=Cc2ccc(Sc3cccc4cccnc34)o2)c1. The van der Waals surface area contributed by atoms with Crippen LogP contribution >= 0.6 is 11.8 Å². The molecule has 7 heteroatoms. The Kier molecular flexibility index (Phi) is 5.58. The molecule has 2 aromatic carbocycles. The molecule has 0 fully saturated rings. The Balaban J connectivity index is 1.42. The molecule has 0 saturated carbocycles. The Morgan fingerprint density at radius 2 is 2.00 bits per heavy atom. The third-order valence-electron chi connectivity index (χ3n) is 4.10. The van der Waals surface area contributed by atoms with Crippen LogP contribution in [0, 0.1) is 0 Å². The Morgan fingerprint density at radius 3 is 2.90 bits per heavy atom. The summed E-state index contributed by atoms with van der Waals surface area (Å²) in [6.07, 6.45) is 3.24. The fraction of sp³-hybridized carbons (Fsp3) is 0.0455. The summed E-state index contributed by atoms with van der Waals surface area (Å²) >= 11 is 1.49. The maximum atomic E-state index is 12.2. The van der Waals surface area contributed by atoms with Crippen molar-refractivity contribution in [2.75, 3.05) is 7.11 Å². The zero-order valence-electron chi connectivity index (χ0n) is 15.5. The number of fused-ring (bicyclic) bond motifs is 1. The number of pyridine rings is 1. The first-order chi connectivity index (χ1) is 14.2. The number of carbonyl (C=O) groups is 1. The van der Waals surface area contributed by atoms with Crippen LogP contribution in [0.25, 0.3) is 10.9 Å². The lowest BCUT2D eigenvalue weighted by molar-refractivity contribution is 0.0954. The van der Waals surface area contributed by atoms with E-state index in [9.17, 15) is 4.79 Å². The number of benzene rings is 2. The minimum absolute atomic E-state index is 0.330. The molecule has 144 valence electrons. The monoisotopic (exact) mass is 403 g/mol. The highest BCUT2D eigenvalue weighted by atomic mass is 32.2. The number of aromatic nitrogens is 1. The molecule has 0 bridgehead atoms. The van der Waals surface area contributed by atoms with Crippen molar-refractivity contribution < 1.29 is 13.9 Å². The van der Waals surface area contributed by atoms with E-state index in [1.54, 1.807) is 43.6 Å². The van der Waals surface area contributed by atoms with Crippen LogP contribution in [0.2, 0.25) is 0 Å². The van der Waals surface area contributed by atoms with Gasteiger partial charge in [-0.2, -0.15) is 5.10 Å². The lowest BCUT2D eigenvalue weighted by atomic mass is 10.2. The van der Waals surface area contributed by atoms with E-state index in [2.05, 4.69) is 15.5 Å². The smallest absolute Gasteiger partial charge is 0.271 e. The van der Waals surface area contributed by atoms with Gasteiger partial charge in [-0.25, -0.2) is 5.43 Å². The third-order valence-corrected chi connectivity index (χ3v) is 5.07. The second kappa shape index (κ2) is 8.62. The molecule has 29 heavy (non-hydrogen) atoms. The number of nitrogens with one attached hydrogen (secondary N) is 1. The molecule has 1 amide bonds. The largest absolute Gasteiger partial charge is 0.497 e. The summed E-state index contributed by atoms with van der Waals surface area (Å²) in [7, 11) is 1.55. The second-order valence-electron chi connectivity index (χ2n) is 6.02. The first kappa shape index (κ1) is 18.8. The fourth-order valence-corrected chi connectivity index (χ4v) is 3.61. The van der Waals surface area contributed by atoms with Crippen molar-refractivity contribution in [1.29, 1.82) is 0 Å². The van der Waals surface area contributed by atoms with Gasteiger partial charge in [0.05, 0.1) is 18.8 Å². The third kappa shape index (κ3) is 4.47. The first-order valence-corrected chi connectivity index (χ1v) is 9.63. The van der Waals surface area contributed by atoms with Crippen LogP contribution < -0.4 is 10.2 Å². The molecule has 0 atom stereocenters. The highest BCUT2D eigenvalue weighted by Gasteiger charge is 2.08. The van der Waals surface area contributed by atoms with E-state index < -0.39 is 0 Å². The van der Waals surface area contributed by atoms with Crippen LogP contribution in [-0.4, -0.2) is 24.2 Å². The van der Waals surface area contributed by atoms with Gasteiger partial charge < -0.3 is 9.15 Å². The molecule has 0 radical (unpaired) electrons. The Bertz CT molecular complexity index is 1180. The van der Waals surface area contributed by atoms with Gasteiger partial charge in [0.15, 0.2) is 5.09 Å². The number of ether oxygens (including phenoxy) is 1. The van der Waals surface area contributed by atoms with Gasteiger partial charge in [0, 0.05) is 22.0 Å². The normalized spacial score (nSPS) is 11.1. The summed E-state index contributed by atoms with van der Waals surface area (Å²) < 4.78 is 10.9. The molecule has 0 aliphatic carbocycles. The lowest BCUT2D eigenvalue weighted by Crippen LogP contribution is -2.17. The second-order valence-corrected chi connectivity index (χ2v) is 7.07. The lowest BCUT2D eigenvalue weighted by Gasteiger charge is -2.03. The highest BCUT2D eigenvalue weighted by molar-refractivity contribution is 7.99. The van der Waals surface area contributed by atoms with Crippen LogP contribution in [0.1, 0.15) is 16.1 Å². The maximum Gasteiger partial charge on any atom is 0.271 e. The summed E-state index contributed by atoms with van der Waals surface area (Å²) in [5.74, 6) is 0.812. The predicted octanol–water partition coefficient (Wildman–Crippen LogP) is 4.75. The molecule has 0 aliphatic rings. The summed E-state index contributed by atoms with van der Waals surface area (Å²) in [5, 5.41) is 5.75. The number of nitrogens with zero attached hydrogens (tertiary/aromatic N) is 2. The van der Waals surface area contributed by atoms with Gasteiger partial charge in [-0.1, -0.05) is 24.3 Å². The van der Waals surface area contributed by atoms with E-state index in [1.165, 1.54) is 18.0 Å². The number of hydrazone groups is 1. The van der Waals surface area contributed by atoms with Gasteiger partial charge >= 0.3 is 0 Å². The van der Waals surface area contributed by atoms with Crippen LogP contribution in [-0.2, 0) is 0 Å². The van der Waals surface area contributed by atoms with Crippen LogP contribution in [0.15, 0.2) is 92.4 Å². The quantitative estimate of drug-likeness (QED) is 0.371. The molecule has 0 unspecified atom stereocenters. The number of furan rings is 1. The molecule has 2 aromatic heterocycles.